The van der Waals surface area contributed by atoms with Gasteiger partial charge in [0.25, 0.3) is 11.7 Å². The van der Waals surface area contributed by atoms with E-state index in [4.69, 9.17) is 4.74 Å². The third-order valence-electron chi connectivity index (χ3n) is 4.43. The Morgan fingerprint density at radius 2 is 2.00 bits per heavy atom. The largest absolute Gasteiger partial charge is 0.453 e. The number of hydrogen-bond donors (Lipinski definition) is 1. The Kier molecular flexibility index (Phi) is 5.81. The standard InChI is InChI=1S/C19H19F2N5O3/c1-10-14(11(2)26-19(24-10)22-9-23-26)5-7-17(27)29-12(3)18(28)25-13-4-6-15(20)16(21)8-13/h4,6,8-9,12H,5,7H2,1-3H3,(H,25,28)/t12-/m1/s1. The predicted molar refractivity (Wildman–Crippen MR) is 99.1 cm³/mol. The first-order valence-corrected chi connectivity index (χ1v) is 8.87. The molecule has 0 saturated carbocycles. The summed E-state index contributed by atoms with van der Waals surface area (Å²) in [5.41, 5.74) is 2.47. The van der Waals surface area contributed by atoms with Crippen LogP contribution in [0.4, 0.5) is 14.5 Å². The molecule has 2 aromatic heterocycles. The number of halogens is 2. The predicted octanol–water partition coefficient (Wildman–Crippen LogP) is 2.52. The molecular formula is C19H19F2N5O3. The van der Waals surface area contributed by atoms with Gasteiger partial charge in [-0.25, -0.2) is 18.3 Å². The Morgan fingerprint density at radius 3 is 2.72 bits per heavy atom. The minimum atomic E-state index is -1.10. The molecule has 0 fully saturated rings. The molecule has 0 radical (unpaired) electrons. The van der Waals surface area contributed by atoms with Gasteiger partial charge in [0, 0.05) is 29.6 Å². The maximum Gasteiger partial charge on any atom is 0.306 e. The van der Waals surface area contributed by atoms with Crippen molar-refractivity contribution in [1.82, 2.24) is 19.6 Å². The summed E-state index contributed by atoms with van der Waals surface area (Å²) in [6.07, 6.45) is 0.692. The summed E-state index contributed by atoms with van der Waals surface area (Å²) >= 11 is 0. The number of ether oxygens (including phenoxy) is 1. The van der Waals surface area contributed by atoms with E-state index in [0.29, 0.717) is 12.2 Å². The van der Waals surface area contributed by atoms with Gasteiger partial charge in [-0.2, -0.15) is 10.1 Å². The van der Waals surface area contributed by atoms with Crippen LogP contribution in [-0.2, 0) is 20.7 Å². The molecule has 1 N–H and O–H groups in total. The molecule has 1 amide bonds. The average Bonchev–Trinajstić information content (AvgIpc) is 3.13. The summed E-state index contributed by atoms with van der Waals surface area (Å²) in [5, 5.41) is 6.47. The second-order valence-corrected chi connectivity index (χ2v) is 6.48. The maximum absolute atomic E-state index is 13.2. The molecular weight excluding hydrogens is 384 g/mol. The molecule has 0 spiro atoms. The van der Waals surface area contributed by atoms with E-state index in [1.165, 1.54) is 19.3 Å². The molecule has 1 aromatic carbocycles. The van der Waals surface area contributed by atoms with Gasteiger partial charge in [0.1, 0.15) is 6.33 Å². The quantitative estimate of drug-likeness (QED) is 0.635. The van der Waals surface area contributed by atoms with Crippen molar-refractivity contribution in [3.8, 4) is 0 Å². The first-order valence-electron chi connectivity index (χ1n) is 8.87. The highest BCUT2D eigenvalue weighted by Crippen LogP contribution is 2.16. The summed E-state index contributed by atoms with van der Waals surface area (Å²) in [4.78, 5) is 32.6. The van der Waals surface area contributed by atoms with Crippen molar-refractivity contribution in [2.45, 2.75) is 39.7 Å². The van der Waals surface area contributed by atoms with Crippen molar-refractivity contribution in [2.24, 2.45) is 0 Å². The summed E-state index contributed by atoms with van der Waals surface area (Å²) in [7, 11) is 0. The normalized spacial score (nSPS) is 12.0. The van der Waals surface area contributed by atoms with E-state index in [0.717, 1.165) is 29.1 Å². The Hall–Kier alpha value is -3.43. The molecule has 2 heterocycles. The monoisotopic (exact) mass is 403 g/mol. The third-order valence-corrected chi connectivity index (χ3v) is 4.43. The van der Waals surface area contributed by atoms with Crippen LogP contribution in [0.2, 0.25) is 0 Å². The number of esters is 1. The first-order chi connectivity index (χ1) is 13.8. The number of nitrogens with one attached hydrogen (secondary N) is 1. The molecule has 0 bridgehead atoms. The van der Waals surface area contributed by atoms with Gasteiger partial charge in [-0.3, -0.25) is 9.59 Å². The average molecular weight is 403 g/mol. The third kappa shape index (κ3) is 4.53. The van der Waals surface area contributed by atoms with Gasteiger partial charge in [-0.15, -0.1) is 0 Å². The van der Waals surface area contributed by atoms with E-state index in [1.54, 1.807) is 4.52 Å². The van der Waals surface area contributed by atoms with E-state index >= 15 is 0 Å². The second kappa shape index (κ2) is 8.29. The fourth-order valence-corrected chi connectivity index (χ4v) is 2.87. The van der Waals surface area contributed by atoms with Gasteiger partial charge >= 0.3 is 5.97 Å². The minimum absolute atomic E-state index is 0.0341. The van der Waals surface area contributed by atoms with Crippen LogP contribution < -0.4 is 5.32 Å². The minimum Gasteiger partial charge on any atom is -0.453 e. The van der Waals surface area contributed by atoms with E-state index in [9.17, 15) is 18.4 Å². The number of aromatic nitrogens is 4. The van der Waals surface area contributed by atoms with Gasteiger partial charge < -0.3 is 10.1 Å². The number of carbonyl (C=O) groups excluding carboxylic acids is 2. The smallest absolute Gasteiger partial charge is 0.306 e. The van der Waals surface area contributed by atoms with Crippen molar-refractivity contribution in [3.05, 3.63) is 53.1 Å². The molecule has 3 aromatic rings. The lowest BCUT2D eigenvalue weighted by Gasteiger charge is -2.14. The number of carbonyl (C=O) groups is 2. The summed E-state index contributed by atoms with van der Waals surface area (Å²) in [6, 6.07) is 2.95. The van der Waals surface area contributed by atoms with E-state index < -0.39 is 29.6 Å². The first kappa shape index (κ1) is 20.3. The molecule has 0 saturated heterocycles. The maximum atomic E-state index is 13.2. The number of fused-ring (bicyclic) bond motifs is 1. The van der Waals surface area contributed by atoms with Crippen LogP contribution in [0.3, 0.4) is 0 Å². The van der Waals surface area contributed by atoms with Gasteiger partial charge in [0.15, 0.2) is 17.7 Å². The molecule has 152 valence electrons. The highest BCUT2D eigenvalue weighted by Gasteiger charge is 2.19. The molecule has 1 atom stereocenters. The Morgan fingerprint density at radius 1 is 1.24 bits per heavy atom. The topological polar surface area (TPSA) is 98.5 Å². The molecule has 3 rings (SSSR count). The van der Waals surface area contributed by atoms with Crippen molar-refractivity contribution < 1.29 is 23.1 Å². The zero-order chi connectivity index (χ0) is 21.1. The second-order valence-electron chi connectivity index (χ2n) is 6.48. The fraction of sp³-hybridized carbons (Fsp3) is 0.316. The van der Waals surface area contributed by atoms with Gasteiger partial charge in [-0.05, 0) is 44.9 Å². The fourth-order valence-electron chi connectivity index (χ4n) is 2.87. The number of hydrogen-bond acceptors (Lipinski definition) is 6. The van der Waals surface area contributed by atoms with Crippen LogP contribution in [-0.4, -0.2) is 37.6 Å². The number of rotatable bonds is 6. The number of nitrogens with zero attached hydrogens (tertiary/aromatic N) is 4. The molecule has 0 aliphatic carbocycles. The summed E-state index contributed by atoms with van der Waals surface area (Å²) < 4.78 is 32.9. The molecule has 0 unspecified atom stereocenters. The lowest BCUT2D eigenvalue weighted by atomic mass is 10.1. The van der Waals surface area contributed by atoms with Crippen molar-refractivity contribution in [3.63, 3.8) is 0 Å². The van der Waals surface area contributed by atoms with Crippen molar-refractivity contribution in [1.29, 1.82) is 0 Å². The van der Waals surface area contributed by atoms with Gasteiger partial charge in [-0.1, -0.05) is 0 Å². The van der Waals surface area contributed by atoms with Crippen LogP contribution in [0.15, 0.2) is 24.5 Å². The van der Waals surface area contributed by atoms with E-state index in [-0.39, 0.29) is 12.1 Å². The Bertz CT molecular complexity index is 1080. The van der Waals surface area contributed by atoms with E-state index in [2.05, 4.69) is 20.4 Å². The van der Waals surface area contributed by atoms with Gasteiger partial charge in [0.2, 0.25) is 0 Å². The number of amides is 1. The highest BCUT2D eigenvalue weighted by molar-refractivity contribution is 5.95. The Labute approximate surface area is 164 Å². The highest BCUT2D eigenvalue weighted by atomic mass is 19.2. The van der Waals surface area contributed by atoms with Crippen LogP contribution in [0.5, 0.6) is 0 Å². The zero-order valence-electron chi connectivity index (χ0n) is 16.1. The van der Waals surface area contributed by atoms with Crippen molar-refractivity contribution in [2.75, 3.05) is 5.32 Å². The van der Waals surface area contributed by atoms with Gasteiger partial charge in [0.05, 0.1) is 0 Å². The molecule has 0 aliphatic rings. The van der Waals surface area contributed by atoms with Crippen LogP contribution in [0.1, 0.15) is 30.3 Å². The Balaban J connectivity index is 1.57. The van der Waals surface area contributed by atoms with Crippen molar-refractivity contribution >= 4 is 23.3 Å². The van der Waals surface area contributed by atoms with Crippen LogP contribution in [0, 0.1) is 25.5 Å². The summed E-state index contributed by atoms with van der Waals surface area (Å²) in [5.74, 6) is -2.85. The van der Waals surface area contributed by atoms with Crippen LogP contribution in [0.25, 0.3) is 5.78 Å². The summed E-state index contributed by atoms with van der Waals surface area (Å²) in [6.45, 7) is 5.07. The lowest BCUT2D eigenvalue weighted by molar-refractivity contribution is -0.153. The zero-order valence-corrected chi connectivity index (χ0v) is 16.1. The molecule has 29 heavy (non-hydrogen) atoms. The number of aryl methyl sites for hydroxylation is 2. The number of anilines is 1. The van der Waals surface area contributed by atoms with Crippen LogP contribution >= 0.6 is 0 Å². The molecule has 8 nitrogen and oxygen atoms in total. The molecule has 0 aliphatic heterocycles. The molecule has 10 heteroatoms. The SMILES string of the molecule is Cc1nc2ncnn2c(C)c1CCC(=O)O[C@H](C)C(=O)Nc1ccc(F)c(F)c1. The number of benzene rings is 1. The van der Waals surface area contributed by atoms with E-state index in [1.807, 2.05) is 13.8 Å². The lowest BCUT2D eigenvalue weighted by Crippen LogP contribution is -2.30.